The number of esters is 1. The van der Waals surface area contributed by atoms with Crippen molar-refractivity contribution in [3.63, 3.8) is 0 Å². The van der Waals surface area contributed by atoms with Crippen LogP contribution in [0.4, 0.5) is 0 Å². The molecule has 0 N–H and O–H groups in total. The smallest absolute Gasteiger partial charge is 0.336 e. The molecule has 0 fully saturated rings. The van der Waals surface area contributed by atoms with E-state index in [1.54, 1.807) is 0 Å². The molecule has 160 valence electrons. The Balaban J connectivity index is 4.09. The van der Waals surface area contributed by atoms with Crippen LogP contribution in [-0.4, -0.2) is 58.9 Å². The molecule has 2 unspecified atom stereocenters. The first kappa shape index (κ1) is 26.0. The summed E-state index contributed by atoms with van der Waals surface area (Å²) in [6.07, 6.45) is -0.0948. The van der Waals surface area contributed by atoms with Crippen LogP contribution in [0.1, 0.15) is 59.8 Å². The molecule has 0 rings (SSSR count). The van der Waals surface area contributed by atoms with E-state index in [0.29, 0.717) is 19.3 Å². The molecule has 9 nitrogen and oxygen atoms in total. The van der Waals surface area contributed by atoms with Crippen molar-refractivity contribution in [3.05, 3.63) is 0 Å². The van der Waals surface area contributed by atoms with Gasteiger partial charge in [0.15, 0.2) is 11.9 Å². The summed E-state index contributed by atoms with van der Waals surface area (Å²) in [5.41, 5.74) is 0. The molecule has 0 aromatic carbocycles. The Labute approximate surface area is 162 Å². The number of unbranched alkanes of at least 4 members (excludes halogenated alkanes) is 3. The van der Waals surface area contributed by atoms with Gasteiger partial charge in [-0.1, -0.05) is 19.8 Å². The van der Waals surface area contributed by atoms with Crippen molar-refractivity contribution in [1.82, 2.24) is 0 Å². The minimum absolute atomic E-state index is 0.199. The second-order valence-electron chi connectivity index (χ2n) is 6.19. The number of carbonyl (C=O) groups excluding carboxylic acids is 2. The number of Topliss-reactive ketones (excluding diaryl/α,β-unsaturated/α-hetero) is 1. The lowest BCUT2D eigenvalue weighted by atomic mass is 10.2. The van der Waals surface area contributed by atoms with Crippen LogP contribution in [0.5, 0.6) is 0 Å². The number of rotatable bonds is 15. The second kappa shape index (κ2) is 12.4. The molecule has 0 saturated heterocycles. The third kappa shape index (κ3) is 12.9. The first-order valence-corrected chi connectivity index (χ1v) is 12.0. The molecular formula is C16H30O9S2. The molecule has 0 aliphatic rings. The first-order valence-electron chi connectivity index (χ1n) is 8.89. The average molecular weight is 431 g/mol. The lowest BCUT2D eigenvalue weighted by molar-refractivity contribution is -0.150. The monoisotopic (exact) mass is 430 g/mol. The van der Waals surface area contributed by atoms with Crippen molar-refractivity contribution >= 4 is 32.0 Å². The summed E-state index contributed by atoms with van der Waals surface area (Å²) >= 11 is 0. The predicted octanol–water partition coefficient (Wildman–Crippen LogP) is 1.56. The van der Waals surface area contributed by atoms with E-state index in [2.05, 4.69) is 0 Å². The van der Waals surface area contributed by atoms with E-state index >= 15 is 0 Å². The molecule has 0 aliphatic heterocycles. The maximum absolute atomic E-state index is 11.8. The number of carbonyl (C=O) groups is 2. The molecule has 0 aromatic rings. The third-order valence-electron chi connectivity index (χ3n) is 3.47. The Morgan fingerprint density at radius 2 is 1.26 bits per heavy atom. The number of ketones is 1. The molecular weight excluding hydrogens is 400 g/mol. The summed E-state index contributed by atoms with van der Waals surface area (Å²) < 4.78 is 61.3. The van der Waals surface area contributed by atoms with Crippen LogP contribution in [0.15, 0.2) is 0 Å². The Morgan fingerprint density at radius 1 is 0.815 bits per heavy atom. The lowest BCUT2D eigenvalue weighted by Crippen LogP contribution is -2.27. The number of ether oxygens (including phenoxy) is 1. The van der Waals surface area contributed by atoms with Crippen LogP contribution in [0.3, 0.4) is 0 Å². The number of hydrogen-bond acceptors (Lipinski definition) is 9. The van der Waals surface area contributed by atoms with Crippen LogP contribution < -0.4 is 0 Å². The van der Waals surface area contributed by atoms with E-state index < -0.39 is 38.4 Å². The fourth-order valence-corrected chi connectivity index (χ4v) is 4.28. The van der Waals surface area contributed by atoms with E-state index in [9.17, 15) is 26.4 Å². The van der Waals surface area contributed by atoms with Gasteiger partial charge in [0.2, 0.25) is 0 Å². The van der Waals surface area contributed by atoms with Crippen LogP contribution in [0.2, 0.25) is 0 Å². The summed E-state index contributed by atoms with van der Waals surface area (Å²) in [5, 5.41) is 0. The van der Waals surface area contributed by atoms with Crippen molar-refractivity contribution in [3.8, 4) is 0 Å². The highest BCUT2D eigenvalue weighted by Crippen LogP contribution is 2.10. The van der Waals surface area contributed by atoms with Crippen molar-refractivity contribution in [2.45, 2.75) is 72.0 Å². The summed E-state index contributed by atoms with van der Waals surface area (Å²) in [7, 11) is -7.66. The molecule has 0 bridgehead atoms. The van der Waals surface area contributed by atoms with Gasteiger partial charge in [-0.25, -0.2) is 4.79 Å². The van der Waals surface area contributed by atoms with E-state index in [4.69, 9.17) is 13.1 Å². The Hall–Kier alpha value is -1.04. The predicted molar refractivity (Wildman–Crippen MR) is 99.1 cm³/mol. The van der Waals surface area contributed by atoms with Crippen molar-refractivity contribution in [2.24, 2.45) is 0 Å². The molecule has 2 atom stereocenters. The largest absolute Gasteiger partial charge is 0.464 e. The summed E-state index contributed by atoms with van der Waals surface area (Å²) in [5.74, 6) is -1.63. The molecule has 0 saturated carbocycles. The maximum Gasteiger partial charge on any atom is 0.336 e. The second-order valence-corrected chi connectivity index (χ2v) is 9.62. The normalized spacial score (nSPS) is 14.5. The van der Waals surface area contributed by atoms with E-state index in [1.165, 1.54) is 20.8 Å². The fourth-order valence-electron chi connectivity index (χ4n) is 1.87. The average Bonchev–Trinajstić information content (AvgIpc) is 2.54. The Bertz CT molecular complexity index is 668. The molecule has 0 spiro atoms. The van der Waals surface area contributed by atoms with Gasteiger partial charge in [0.1, 0.15) is 6.10 Å². The third-order valence-corrected chi connectivity index (χ3v) is 6.21. The van der Waals surface area contributed by atoms with Gasteiger partial charge >= 0.3 is 5.97 Å². The lowest BCUT2D eigenvalue weighted by Gasteiger charge is -2.12. The van der Waals surface area contributed by atoms with Crippen molar-refractivity contribution in [1.29, 1.82) is 0 Å². The Kier molecular flexibility index (Phi) is 11.9. The molecule has 27 heavy (non-hydrogen) atoms. The van der Waals surface area contributed by atoms with Crippen LogP contribution in [0, 0.1) is 0 Å². The van der Waals surface area contributed by atoms with E-state index in [1.807, 2.05) is 6.92 Å². The van der Waals surface area contributed by atoms with Gasteiger partial charge in [-0.3, -0.25) is 13.2 Å². The molecule has 0 aliphatic carbocycles. The highest BCUT2D eigenvalue weighted by Gasteiger charge is 2.23. The van der Waals surface area contributed by atoms with Gasteiger partial charge in [0.05, 0.1) is 18.1 Å². The maximum atomic E-state index is 11.8. The van der Waals surface area contributed by atoms with Crippen LogP contribution in [-0.2, 0) is 42.9 Å². The van der Waals surface area contributed by atoms with E-state index in [-0.39, 0.29) is 36.7 Å². The van der Waals surface area contributed by atoms with Crippen molar-refractivity contribution in [2.75, 3.05) is 18.1 Å². The highest BCUT2D eigenvalue weighted by atomic mass is 32.2. The van der Waals surface area contributed by atoms with Gasteiger partial charge in [0, 0.05) is 0 Å². The SMILES string of the molecule is CCCOC(=O)C(C)OS(=O)(=O)CCCCCCS(=O)(=O)OC(C)C(C)=O. The van der Waals surface area contributed by atoms with Crippen molar-refractivity contribution < 1.29 is 39.5 Å². The first-order chi connectivity index (χ1) is 12.4. The molecule has 0 radical (unpaired) electrons. The summed E-state index contributed by atoms with van der Waals surface area (Å²) in [6.45, 7) is 5.93. The minimum atomic E-state index is -3.87. The zero-order valence-electron chi connectivity index (χ0n) is 16.3. The van der Waals surface area contributed by atoms with Gasteiger partial charge in [-0.2, -0.15) is 16.8 Å². The van der Waals surface area contributed by atoms with Crippen LogP contribution >= 0.6 is 0 Å². The Morgan fingerprint density at radius 3 is 1.67 bits per heavy atom. The zero-order chi connectivity index (χ0) is 21.1. The number of hydrogen-bond donors (Lipinski definition) is 0. The molecule has 0 amide bonds. The molecule has 0 heterocycles. The van der Waals surface area contributed by atoms with E-state index in [0.717, 1.165) is 0 Å². The van der Waals surface area contributed by atoms with Gasteiger partial charge in [-0.15, -0.1) is 0 Å². The molecule has 11 heteroatoms. The van der Waals surface area contributed by atoms with Gasteiger partial charge < -0.3 is 4.74 Å². The summed E-state index contributed by atoms with van der Waals surface area (Å²) in [4.78, 5) is 22.5. The quantitative estimate of drug-likeness (QED) is 0.216. The highest BCUT2D eigenvalue weighted by molar-refractivity contribution is 7.87. The zero-order valence-corrected chi connectivity index (χ0v) is 17.9. The molecule has 0 aromatic heterocycles. The standard InChI is InChI=1S/C16H30O9S2/c1-5-10-23-16(18)15(4)25-27(21,22)12-9-7-6-8-11-26(19,20)24-14(3)13(2)17/h14-15H,5-12H2,1-4H3. The summed E-state index contributed by atoms with van der Waals surface area (Å²) in [6, 6.07) is 0. The van der Waals surface area contributed by atoms with Gasteiger partial charge in [0.25, 0.3) is 20.2 Å². The minimum Gasteiger partial charge on any atom is -0.464 e. The van der Waals surface area contributed by atoms with Crippen LogP contribution in [0.25, 0.3) is 0 Å². The van der Waals surface area contributed by atoms with Gasteiger partial charge in [-0.05, 0) is 40.0 Å². The topological polar surface area (TPSA) is 130 Å². The fraction of sp³-hybridized carbons (Fsp3) is 0.875.